The molecule has 4 aliphatic rings. The van der Waals surface area contributed by atoms with Gasteiger partial charge >= 0.3 is 5.97 Å². The zero-order chi connectivity index (χ0) is 18.8. The molecule has 27 heavy (non-hydrogen) atoms. The highest BCUT2D eigenvalue weighted by molar-refractivity contribution is 5.78. The molecule has 148 valence electrons. The molecule has 2 saturated carbocycles. The molecule has 5 rings (SSSR count). The van der Waals surface area contributed by atoms with Gasteiger partial charge in [0.15, 0.2) is 6.29 Å². The van der Waals surface area contributed by atoms with E-state index in [1.165, 1.54) is 12.7 Å². The van der Waals surface area contributed by atoms with Crippen LogP contribution in [0, 0.1) is 28.6 Å². The molecule has 2 heterocycles. The maximum atomic E-state index is 13.1. The lowest BCUT2D eigenvalue weighted by Crippen LogP contribution is -2.68. The molecule has 1 aliphatic heterocycles. The monoisotopic (exact) mass is 374 g/mol. The zero-order valence-electron chi connectivity index (χ0n) is 16.5. The van der Waals surface area contributed by atoms with Crippen LogP contribution in [0.15, 0.2) is 16.7 Å². The van der Waals surface area contributed by atoms with Gasteiger partial charge in [0.1, 0.15) is 11.2 Å². The Morgan fingerprint density at radius 2 is 2.11 bits per heavy atom. The Bertz CT molecular complexity index is 741. The number of ether oxygens (including phenoxy) is 3. The first kappa shape index (κ1) is 17.7. The predicted molar refractivity (Wildman–Crippen MR) is 98.0 cm³/mol. The van der Waals surface area contributed by atoms with Crippen LogP contribution in [0.1, 0.15) is 56.3 Å². The van der Waals surface area contributed by atoms with Crippen molar-refractivity contribution in [3.8, 4) is 0 Å². The van der Waals surface area contributed by atoms with Crippen LogP contribution < -0.4 is 0 Å². The molecule has 0 spiro atoms. The number of fused-ring (bicyclic) bond motifs is 2. The third kappa shape index (κ3) is 2.10. The summed E-state index contributed by atoms with van der Waals surface area (Å²) in [5.41, 5.74) is 0.730. The third-order valence-electron chi connectivity index (χ3n) is 8.61. The number of hydrogen-bond acceptors (Lipinski definition) is 5. The second-order valence-corrected chi connectivity index (χ2v) is 9.19. The Morgan fingerprint density at radius 3 is 2.89 bits per heavy atom. The Labute approximate surface area is 160 Å². The summed E-state index contributed by atoms with van der Waals surface area (Å²) in [5, 5.41) is 0. The summed E-state index contributed by atoms with van der Waals surface area (Å²) in [7, 11) is 3.15. The Morgan fingerprint density at radius 1 is 1.26 bits per heavy atom. The van der Waals surface area contributed by atoms with E-state index in [4.69, 9.17) is 18.6 Å². The third-order valence-corrected chi connectivity index (χ3v) is 8.61. The van der Waals surface area contributed by atoms with E-state index in [1.54, 1.807) is 7.11 Å². The molecule has 0 N–H and O–H groups in total. The van der Waals surface area contributed by atoms with Crippen LogP contribution >= 0.6 is 0 Å². The van der Waals surface area contributed by atoms with Crippen molar-refractivity contribution >= 4 is 5.97 Å². The van der Waals surface area contributed by atoms with Crippen molar-refractivity contribution < 1.29 is 23.4 Å². The Hall–Kier alpha value is -1.33. The van der Waals surface area contributed by atoms with E-state index >= 15 is 0 Å². The smallest absolute Gasteiger partial charge is 0.317 e. The second kappa shape index (κ2) is 6.08. The maximum absolute atomic E-state index is 13.1. The van der Waals surface area contributed by atoms with Crippen molar-refractivity contribution in [1.29, 1.82) is 0 Å². The number of carbonyl (C=O) groups excluding carboxylic acids is 1. The number of rotatable bonds is 2. The number of esters is 1. The molecule has 5 heteroatoms. The summed E-state index contributed by atoms with van der Waals surface area (Å²) < 4.78 is 23.2. The molecule has 5 nitrogen and oxygen atoms in total. The van der Waals surface area contributed by atoms with Crippen molar-refractivity contribution in [2.24, 2.45) is 28.6 Å². The lowest BCUT2D eigenvalue weighted by Gasteiger charge is -2.66. The van der Waals surface area contributed by atoms with Gasteiger partial charge in [-0.3, -0.25) is 4.79 Å². The lowest BCUT2D eigenvalue weighted by molar-refractivity contribution is -0.315. The van der Waals surface area contributed by atoms with Gasteiger partial charge in [0.2, 0.25) is 0 Å². The molecule has 3 aliphatic carbocycles. The summed E-state index contributed by atoms with van der Waals surface area (Å²) in [6.07, 6.45) is 7.45. The Balaban J connectivity index is 1.61. The molecule has 0 unspecified atom stereocenters. The highest BCUT2D eigenvalue weighted by Crippen LogP contribution is 2.68. The molecule has 3 fully saturated rings. The van der Waals surface area contributed by atoms with Crippen LogP contribution in [0.5, 0.6) is 0 Å². The first-order chi connectivity index (χ1) is 13.1. The summed E-state index contributed by atoms with van der Waals surface area (Å²) >= 11 is 0. The van der Waals surface area contributed by atoms with Crippen LogP contribution in [0.25, 0.3) is 0 Å². The van der Waals surface area contributed by atoms with Crippen molar-refractivity contribution in [2.75, 3.05) is 20.8 Å². The fourth-order valence-electron chi connectivity index (χ4n) is 7.60. The molecule has 0 amide bonds. The van der Waals surface area contributed by atoms with Gasteiger partial charge in [-0.15, -0.1) is 0 Å². The molecule has 1 saturated heterocycles. The first-order valence-corrected chi connectivity index (χ1v) is 10.4. The van der Waals surface area contributed by atoms with E-state index in [9.17, 15) is 4.79 Å². The number of methoxy groups -OCH3 is 2. The second-order valence-electron chi connectivity index (χ2n) is 9.19. The quantitative estimate of drug-likeness (QED) is 0.735. The van der Waals surface area contributed by atoms with Gasteiger partial charge in [-0.25, -0.2) is 0 Å². The van der Waals surface area contributed by atoms with Crippen LogP contribution in [-0.4, -0.2) is 33.1 Å². The topological polar surface area (TPSA) is 57.9 Å². The molecular formula is C22H30O5. The minimum absolute atomic E-state index is 0.0170. The zero-order valence-corrected chi connectivity index (χ0v) is 16.5. The van der Waals surface area contributed by atoms with E-state index in [1.807, 2.05) is 6.26 Å². The summed E-state index contributed by atoms with van der Waals surface area (Å²) in [4.78, 5) is 13.1. The van der Waals surface area contributed by atoms with E-state index in [-0.39, 0.29) is 17.3 Å². The van der Waals surface area contributed by atoms with Crippen molar-refractivity contribution in [1.82, 2.24) is 0 Å². The summed E-state index contributed by atoms with van der Waals surface area (Å²) in [5.74, 6) is 2.87. The van der Waals surface area contributed by atoms with Gasteiger partial charge in [-0.1, -0.05) is 13.3 Å². The average Bonchev–Trinajstić information content (AvgIpc) is 3.16. The fraction of sp³-hybridized carbons (Fsp3) is 0.773. The normalized spacial score (nSPS) is 45.4. The highest BCUT2D eigenvalue weighted by atomic mass is 16.7. The number of hydrogen-bond donors (Lipinski definition) is 0. The van der Waals surface area contributed by atoms with Crippen molar-refractivity contribution in [3.05, 3.63) is 23.7 Å². The number of carbonyl (C=O) groups is 1. The highest BCUT2D eigenvalue weighted by Gasteiger charge is 2.70. The van der Waals surface area contributed by atoms with E-state index in [2.05, 4.69) is 13.0 Å². The van der Waals surface area contributed by atoms with Crippen LogP contribution in [-0.2, 0) is 25.4 Å². The first-order valence-electron chi connectivity index (χ1n) is 10.4. The van der Waals surface area contributed by atoms with E-state index in [0.717, 1.165) is 44.3 Å². The van der Waals surface area contributed by atoms with E-state index in [0.29, 0.717) is 24.4 Å². The minimum Gasteiger partial charge on any atom is -0.469 e. The molecule has 2 bridgehead atoms. The summed E-state index contributed by atoms with van der Waals surface area (Å²) in [6.45, 7) is 3.03. The van der Waals surface area contributed by atoms with Gasteiger partial charge in [0.05, 0.1) is 20.0 Å². The maximum Gasteiger partial charge on any atom is 0.317 e. The SMILES string of the molecule is COC(=O)[C@@]12CCC[C@@]3(CO[C@@H]1OC)[C@H]2CC[C@H]1[C@@H](C)c2ccoc2C[C@@H]13. The predicted octanol–water partition coefficient (Wildman–Crippen LogP) is 3.91. The molecule has 1 aromatic heterocycles. The van der Waals surface area contributed by atoms with Gasteiger partial charge in [0.25, 0.3) is 0 Å². The Kier molecular flexibility index (Phi) is 4.00. The summed E-state index contributed by atoms with van der Waals surface area (Å²) in [6, 6.07) is 2.15. The molecule has 1 aromatic rings. The van der Waals surface area contributed by atoms with Crippen molar-refractivity contribution in [3.63, 3.8) is 0 Å². The standard InChI is InChI=1S/C22H30O5/c1-13-14-5-6-18-21(16(14)11-17-15(13)7-10-26-17)8-4-9-22(18,19(23)24-2)20(25-3)27-12-21/h7,10,13-14,16,18,20H,4-6,8-9,11-12H2,1-3H3/t13-,14+,16+,18-,20+,21+,22+/m1/s1. The van der Waals surface area contributed by atoms with Gasteiger partial charge in [0, 0.05) is 18.9 Å². The lowest BCUT2D eigenvalue weighted by atomic mass is 9.41. The average molecular weight is 374 g/mol. The molecule has 0 radical (unpaired) electrons. The largest absolute Gasteiger partial charge is 0.469 e. The molecule has 7 atom stereocenters. The van der Waals surface area contributed by atoms with Gasteiger partial charge in [-0.05, 0) is 61.0 Å². The van der Waals surface area contributed by atoms with Crippen molar-refractivity contribution in [2.45, 2.75) is 57.7 Å². The van der Waals surface area contributed by atoms with E-state index < -0.39 is 11.7 Å². The number of furan rings is 1. The van der Waals surface area contributed by atoms with Crippen LogP contribution in [0.2, 0.25) is 0 Å². The van der Waals surface area contributed by atoms with Gasteiger partial charge < -0.3 is 18.6 Å². The van der Waals surface area contributed by atoms with Crippen LogP contribution in [0.4, 0.5) is 0 Å². The van der Waals surface area contributed by atoms with Gasteiger partial charge in [-0.2, -0.15) is 0 Å². The molecule has 0 aromatic carbocycles. The fourth-order valence-corrected chi connectivity index (χ4v) is 7.60. The molecular weight excluding hydrogens is 344 g/mol. The van der Waals surface area contributed by atoms with Crippen LogP contribution in [0.3, 0.4) is 0 Å². The minimum atomic E-state index is -0.669.